The third-order valence-electron chi connectivity index (χ3n) is 17.1. The topological polar surface area (TPSA) is 311 Å². The van der Waals surface area contributed by atoms with E-state index in [0.717, 1.165) is 32.1 Å². The summed E-state index contributed by atoms with van der Waals surface area (Å²) in [6.45, 7) is 9.56. The van der Waals surface area contributed by atoms with Gasteiger partial charge in [-0.1, -0.05) is 25.3 Å². The van der Waals surface area contributed by atoms with Crippen molar-refractivity contribution in [3.05, 3.63) is 96.6 Å². The Morgan fingerprint density at radius 2 is 1.06 bits per heavy atom. The molecule has 10 rings (SSSR count). The second kappa shape index (κ2) is 31.7. The number of hydrogen-bond donors (Lipinski definition) is 5. The Morgan fingerprint density at radius 3 is 1.52 bits per heavy atom. The zero-order valence-electron chi connectivity index (χ0n) is 53.4. The van der Waals surface area contributed by atoms with Crippen LogP contribution in [0.25, 0.3) is 0 Å². The molecule has 5 N–H and O–H groups in total. The molecular formula is C66H84N10O18. The van der Waals surface area contributed by atoms with Gasteiger partial charge in [-0.05, 0) is 108 Å². The van der Waals surface area contributed by atoms with Gasteiger partial charge in [0.25, 0.3) is 23.6 Å². The van der Waals surface area contributed by atoms with Crippen LogP contribution in [0.1, 0.15) is 138 Å². The van der Waals surface area contributed by atoms with Gasteiger partial charge in [-0.2, -0.15) is 0 Å². The number of phenols is 1. The molecule has 6 atom stereocenters. The molecule has 0 aliphatic carbocycles. The highest BCUT2D eigenvalue weighted by Gasteiger charge is 2.50. The van der Waals surface area contributed by atoms with Gasteiger partial charge in [0.1, 0.15) is 24.6 Å². The molecule has 4 saturated heterocycles. The molecule has 6 aliphatic heterocycles. The summed E-state index contributed by atoms with van der Waals surface area (Å²) >= 11 is 0. The third-order valence-corrected chi connectivity index (χ3v) is 17.1. The molecule has 2 aromatic heterocycles. The number of nitrogens with one attached hydrogen (secondary N) is 4. The van der Waals surface area contributed by atoms with Crippen LogP contribution in [0.5, 0.6) is 23.0 Å². The molecule has 0 saturated carbocycles. The maximum atomic E-state index is 14.2. The molecule has 4 aromatic rings. The molecule has 0 bridgehead atoms. The lowest BCUT2D eigenvalue weighted by Gasteiger charge is -2.38. The second-order valence-electron chi connectivity index (χ2n) is 23.7. The lowest BCUT2D eigenvalue weighted by molar-refractivity contribution is -0.195. The monoisotopic (exact) mass is 1300 g/mol. The van der Waals surface area contributed by atoms with E-state index in [1.165, 1.54) is 47.3 Å². The summed E-state index contributed by atoms with van der Waals surface area (Å²) in [6.07, 6.45) is 9.78. The number of anilines is 4. The fourth-order valence-electron chi connectivity index (χ4n) is 12.6. The Hall–Kier alpha value is -9.12. The molecule has 506 valence electrons. The molecule has 28 heteroatoms. The van der Waals surface area contributed by atoms with E-state index in [1.807, 2.05) is 0 Å². The number of phenolic OH excluding ortho intramolecular Hbond substituents is 1. The number of carbonyl (C=O) groups excluding carboxylic acids is 8. The highest BCUT2D eigenvalue weighted by atomic mass is 16.7. The minimum absolute atomic E-state index is 0.00514. The average molecular weight is 1310 g/mol. The number of ether oxygens (including phenoxy) is 9. The van der Waals surface area contributed by atoms with Crippen molar-refractivity contribution in [2.75, 3.05) is 93.4 Å². The van der Waals surface area contributed by atoms with E-state index in [0.29, 0.717) is 76.2 Å². The van der Waals surface area contributed by atoms with E-state index in [4.69, 9.17) is 42.6 Å². The number of amides is 8. The fraction of sp³-hybridized carbons (Fsp3) is 0.515. The van der Waals surface area contributed by atoms with Crippen LogP contribution in [0.2, 0.25) is 0 Å². The minimum atomic E-state index is -0.963. The van der Waals surface area contributed by atoms with E-state index in [1.54, 1.807) is 63.6 Å². The summed E-state index contributed by atoms with van der Waals surface area (Å²) < 4.78 is 57.0. The van der Waals surface area contributed by atoms with Gasteiger partial charge in [-0.15, -0.1) is 0 Å². The van der Waals surface area contributed by atoms with E-state index in [9.17, 15) is 43.5 Å². The molecule has 0 spiro atoms. The first-order valence-corrected chi connectivity index (χ1v) is 32.2. The summed E-state index contributed by atoms with van der Waals surface area (Å²) in [7, 11) is 4.78. The summed E-state index contributed by atoms with van der Waals surface area (Å²) in [5, 5.41) is 22.5. The molecule has 94 heavy (non-hydrogen) atoms. The number of aromatic hydroxyl groups is 1. The van der Waals surface area contributed by atoms with E-state index < -0.39 is 61.1 Å². The average Bonchev–Trinajstić information content (AvgIpc) is 1.59. The van der Waals surface area contributed by atoms with Crippen molar-refractivity contribution < 1.29 is 86.1 Å². The molecule has 8 amide bonds. The Bertz CT molecular complexity index is 3450. The minimum Gasteiger partial charge on any atom is -0.504 e. The molecule has 2 unspecified atom stereocenters. The van der Waals surface area contributed by atoms with Crippen molar-refractivity contribution in [2.45, 2.75) is 133 Å². The smallest absolute Gasteiger partial charge is 0.416 e. The number of hydrogen-bond acceptors (Lipinski definition) is 18. The van der Waals surface area contributed by atoms with Gasteiger partial charge >= 0.3 is 12.2 Å². The molecule has 2 aromatic carbocycles. The van der Waals surface area contributed by atoms with E-state index in [2.05, 4.69) is 34.4 Å². The van der Waals surface area contributed by atoms with Gasteiger partial charge < -0.3 is 87.9 Å². The highest BCUT2D eigenvalue weighted by Crippen LogP contribution is 2.45. The molecule has 0 radical (unpaired) electrons. The first-order chi connectivity index (χ1) is 45.5. The maximum absolute atomic E-state index is 14.2. The van der Waals surface area contributed by atoms with Gasteiger partial charge in [0, 0.05) is 90.9 Å². The Kier molecular flexibility index (Phi) is 22.8. The standard InChI is InChI=1S/C66H84N10O18/c1-6-27-91-65(84)75-47-37-52(51(77)35-43(47)61(82)73-25-12-17-45(73)63(75)93-57-21-8-10-29-89-57)87-31-14-19-55(78)69-41-33-49(71(3)39-41)59(80)67-23-16-24-68-60(81)50-34-42(40-72(50)4)70-56(79)20-15-32-88-54-38-48-44(36-53(54)86-5)62(83)74-26-13-18-46(74)64(76(48)66(85)92-28-7-2)94-58-22-9-11-30-90-58/h6-7,33-40,45-46,57-58,63-64,77H,1-2,8-32H2,3-5H3,(H,67,80)(H,68,81)(H,69,78)(H,70,79)/t45-,46-,57?,58?,63-,64-/m0/s1. The highest BCUT2D eigenvalue weighted by molar-refractivity contribution is 6.07. The summed E-state index contributed by atoms with van der Waals surface area (Å²) in [6, 6.07) is 7.91. The maximum Gasteiger partial charge on any atom is 0.416 e. The number of carbonyl (C=O) groups is 8. The van der Waals surface area contributed by atoms with Crippen LogP contribution >= 0.6 is 0 Å². The normalized spacial score (nSPS) is 20.7. The number of nitrogens with zero attached hydrogens (tertiary/aromatic N) is 6. The van der Waals surface area contributed by atoms with Crippen molar-refractivity contribution >= 4 is 70.4 Å². The summed E-state index contributed by atoms with van der Waals surface area (Å²) in [5.41, 5.74) is 1.98. The van der Waals surface area contributed by atoms with Crippen LogP contribution in [0.15, 0.2) is 74.1 Å². The Morgan fingerprint density at radius 1 is 0.596 bits per heavy atom. The largest absolute Gasteiger partial charge is 0.504 e. The van der Waals surface area contributed by atoms with Crippen molar-refractivity contribution in [3.63, 3.8) is 0 Å². The fourth-order valence-corrected chi connectivity index (χ4v) is 12.6. The Labute approximate surface area is 544 Å². The van der Waals surface area contributed by atoms with Gasteiger partial charge in [-0.3, -0.25) is 28.8 Å². The van der Waals surface area contributed by atoms with Gasteiger partial charge in [0.05, 0.1) is 66.3 Å². The van der Waals surface area contributed by atoms with E-state index >= 15 is 0 Å². The number of benzene rings is 2. The Balaban J connectivity index is 0.656. The quantitative estimate of drug-likeness (QED) is 0.0286. The zero-order chi connectivity index (χ0) is 66.4. The molecule has 4 fully saturated rings. The number of aromatic nitrogens is 2. The molecule has 8 heterocycles. The first-order valence-electron chi connectivity index (χ1n) is 32.2. The first kappa shape index (κ1) is 67.8. The van der Waals surface area contributed by atoms with Crippen molar-refractivity contribution in [1.29, 1.82) is 0 Å². The second-order valence-corrected chi connectivity index (χ2v) is 23.7. The molecular weight excluding hydrogens is 1220 g/mol. The molecule has 28 nitrogen and oxygen atoms in total. The number of rotatable bonds is 27. The lowest BCUT2D eigenvalue weighted by Crippen LogP contribution is -2.54. The van der Waals surface area contributed by atoms with Crippen LogP contribution in [-0.4, -0.2) is 182 Å². The lowest BCUT2D eigenvalue weighted by atomic mass is 10.1. The van der Waals surface area contributed by atoms with Crippen LogP contribution in [0.4, 0.5) is 32.3 Å². The zero-order valence-corrected chi connectivity index (χ0v) is 53.4. The van der Waals surface area contributed by atoms with Gasteiger partial charge in [-0.25, -0.2) is 19.4 Å². The number of methoxy groups -OCH3 is 1. The number of fused-ring (bicyclic) bond motifs is 4. The van der Waals surface area contributed by atoms with Crippen LogP contribution in [0, 0.1) is 0 Å². The summed E-state index contributed by atoms with van der Waals surface area (Å²) in [4.78, 5) is 115. The van der Waals surface area contributed by atoms with Crippen LogP contribution < -0.4 is 45.3 Å². The molecule has 6 aliphatic rings. The van der Waals surface area contributed by atoms with Crippen LogP contribution in [-0.2, 0) is 52.1 Å². The van der Waals surface area contributed by atoms with Crippen molar-refractivity contribution in [3.8, 4) is 23.0 Å². The van der Waals surface area contributed by atoms with Crippen molar-refractivity contribution in [1.82, 2.24) is 29.6 Å². The third kappa shape index (κ3) is 15.9. The van der Waals surface area contributed by atoms with E-state index in [-0.39, 0.29) is 146 Å². The number of aryl methyl sites for hydroxylation is 2. The predicted molar refractivity (Wildman–Crippen MR) is 341 cm³/mol. The predicted octanol–water partition coefficient (Wildman–Crippen LogP) is 7.46. The van der Waals surface area contributed by atoms with Crippen molar-refractivity contribution in [2.24, 2.45) is 14.1 Å². The SMILES string of the molecule is C=CCOC(=O)N1c2cc(OCCCC(=O)Nc3cc(C(=O)NCCCNC(=O)c4cc(NC(=O)CCCOc5cc6c(cc5OC)C(=O)N5CCC[C@H]5[C@H](OC5CCCCO5)N6C(=O)OCC=C)cn4C)n(C)c3)c(O)cc2C(=O)N2CCC[C@H]2[C@@H]1OC1CCCCO1. The summed E-state index contributed by atoms with van der Waals surface area (Å²) in [5.74, 6) is -2.03. The van der Waals surface area contributed by atoms with Gasteiger partial charge in [0.15, 0.2) is 48.0 Å². The van der Waals surface area contributed by atoms with Gasteiger partial charge in [0.2, 0.25) is 11.8 Å². The van der Waals surface area contributed by atoms with Crippen LogP contribution in [0.3, 0.4) is 0 Å².